The lowest BCUT2D eigenvalue weighted by molar-refractivity contribution is -0.121. The third-order valence-electron chi connectivity index (χ3n) is 4.43. The van der Waals surface area contributed by atoms with Crippen LogP contribution in [0, 0.1) is 5.92 Å². The van der Waals surface area contributed by atoms with E-state index >= 15 is 0 Å². The van der Waals surface area contributed by atoms with Crippen LogP contribution in [0.4, 0.5) is 0 Å². The topological polar surface area (TPSA) is 78.5 Å². The van der Waals surface area contributed by atoms with Gasteiger partial charge < -0.3 is 10.6 Å². The van der Waals surface area contributed by atoms with E-state index < -0.39 is 10.0 Å². The van der Waals surface area contributed by atoms with Gasteiger partial charge in [-0.05, 0) is 56.0 Å². The minimum atomic E-state index is -3.41. The smallest absolute Gasteiger partial charge is 0.242 e. The molecule has 0 aromatic heterocycles. The van der Waals surface area contributed by atoms with Crippen LogP contribution in [0.5, 0.6) is 0 Å². The Labute approximate surface area is 144 Å². The molecule has 7 heteroatoms. The zero-order valence-electron chi connectivity index (χ0n) is 14.4. The fraction of sp³-hybridized carbons (Fsp3) is 0.588. The normalized spacial score (nSPS) is 16.3. The second-order valence-electron chi connectivity index (χ2n) is 6.44. The van der Waals surface area contributed by atoms with E-state index in [0.717, 1.165) is 37.9 Å². The summed E-state index contributed by atoms with van der Waals surface area (Å²) in [4.78, 5) is 12.2. The van der Waals surface area contributed by atoms with Crippen LogP contribution in [0.1, 0.15) is 31.2 Å². The van der Waals surface area contributed by atoms with Gasteiger partial charge in [-0.1, -0.05) is 12.1 Å². The fourth-order valence-electron chi connectivity index (χ4n) is 2.78. The highest BCUT2D eigenvalue weighted by Crippen LogP contribution is 2.17. The van der Waals surface area contributed by atoms with Crippen LogP contribution in [0.25, 0.3) is 0 Å². The summed E-state index contributed by atoms with van der Waals surface area (Å²) in [6.07, 6.45) is 3.79. The first kappa shape index (κ1) is 18.9. The van der Waals surface area contributed by atoms with Gasteiger partial charge in [0.05, 0.1) is 4.90 Å². The zero-order chi connectivity index (χ0) is 17.6. The van der Waals surface area contributed by atoms with Crippen molar-refractivity contribution in [1.82, 2.24) is 14.9 Å². The first-order valence-corrected chi connectivity index (χ1v) is 9.82. The number of nitrogens with one attached hydrogen (secondary N) is 2. The molecule has 0 aliphatic carbocycles. The Morgan fingerprint density at radius 2 is 1.83 bits per heavy atom. The molecule has 2 N–H and O–H groups in total. The fourth-order valence-corrected chi connectivity index (χ4v) is 3.69. The molecule has 0 spiro atoms. The van der Waals surface area contributed by atoms with Crippen LogP contribution < -0.4 is 10.6 Å². The van der Waals surface area contributed by atoms with Crippen molar-refractivity contribution in [2.45, 2.75) is 37.1 Å². The molecule has 1 aromatic carbocycles. The summed E-state index contributed by atoms with van der Waals surface area (Å²) in [6.45, 7) is 2.52. The van der Waals surface area contributed by atoms with E-state index in [9.17, 15) is 13.2 Å². The van der Waals surface area contributed by atoms with Crippen molar-refractivity contribution in [3.05, 3.63) is 29.8 Å². The number of carbonyl (C=O) groups excluding carboxylic acids is 1. The van der Waals surface area contributed by atoms with Gasteiger partial charge in [0.15, 0.2) is 0 Å². The average molecular weight is 353 g/mol. The summed E-state index contributed by atoms with van der Waals surface area (Å²) in [5, 5.41) is 6.23. The van der Waals surface area contributed by atoms with E-state index in [1.807, 2.05) is 0 Å². The molecule has 6 nitrogen and oxygen atoms in total. The number of hydrogen-bond acceptors (Lipinski definition) is 4. The second-order valence-corrected chi connectivity index (χ2v) is 8.59. The highest BCUT2D eigenvalue weighted by atomic mass is 32.2. The Balaban J connectivity index is 1.78. The first-order valence-electron chi connectivity index (χ1n) is 8.38. The number of amides is 1. The summed E-state index contributed by atoms with van der Waals surface area (Å²) in [5.41, 5.74) is 0.892. The van der Waals surface area contributed by atoms with E-state index in [-0.39, 0.29) is 10.8 Å². The SMILES string of the molecule is CN(C)S(=O)(=O)c1ccc(CNC(=O)CCC2CCNCC2)cc1. The highest BCUT2D eigenvalue weighted by Gasteiger charge is 2.17. The summed E-state index contributed by atoms with van der Waals surface area (Å²) in [6, 6.07) is 6.63. The Kier molecular flexibility index (Phi) is 6.77. The van der Waals surface area contributed by atoms with Gasteiger partial charge in [-0.3, -0.25) is 4.79 Å². The highest BCUT2D eigenvalue weighted by molar-refractivity contribution is 7.89. The average Bonchev–Trinajstić information content (AvgIpc) is 2.59. The molecule has 1 fully saturated rings. The van der Waals surface area contributed by atoms with Crippen molar-refractivity contribution >= 4 is 15.9 Å². The molecule has 1 saturated heterocycles. The van der Waals surface area contributed by atoms with Crippen molar-refractivity contribution in [2.75, 3.05) is 27.2 Å². The monoisotopic (exact) mass is 353 g/mol. The lowest BCUT2D eigenvalue weighted by atomic mass is 9.93. The first-order chi connectivity index (χ1) is 11.4. The molecule has 134 valence electrons. The molecule has 0 bridgehead atoms. The number of sulfonamides is 1. The third kappa shape index (κ3) is 5.29. The predicted octanol–water partition coefficient (Wildman–Crippen LogP) is 1.33. The molecule has 0 saturated carbocycles. The Hall–Kier alpha value is -1.44. The zero-order valence-corrected chi connectivity index (χ0v) is 15.2. The Morgan fingerprint density at radius 1 is 1.21 bits per heavy atom. The maximum Gasteiger partial charge on any atom is 0.242 e. The van der Waals surface area contributed by atoms with Gasteiger partial charge in [-0.25, -0.2) is 12.7 Å². The molecule has 2 rings (SSSR count). The van der Waals surface area contributed by atoms with Crippen LogP contribution in [-0.2, 0) is 21.4 Å². The lowest BCUT2D eigenvalue weighted by Gasteiger charge is -2.22. The number of rotatable bonds is 7. The maximum absolute atomic E-state index is 12.0. The van der Waals surface area contributed by atoms with Crippen molar-refractivity contribution < 1.29 is 13.2 Å². The van der Waals surface area contributed by atoms with Gasteiger partial charge in [0.2, 0.25) is 15.9 Å². The van der Waals surface area contributed by atoms with Gasteiger partial charge >= 0.3 is 0 Å². The van der Waals surface area contributed by atoms with Crippen LogP contribution in [0.15, 0.2) is 29.2 Å². The number of benzene rings is 1. The molecule has 0 atom stereocenters. The quantitative estimate of drug-likeness (QED) is 0.775. The van der Waals surface area contributed by atoms with Gasteiger partial charge in [0.25, 0.3) is 0 Å². The number of carbonyl (C=O) groups is 1. The van der Waals surface area contributed by atoms with Crippen LogP contribution >= 0.6 is 0 Å². The van der Waals surface area contributed by atoms with Gasteiger partial charge in [0, 0.05) is 27.1 Å². The lowest BCUT2D eigenvalue weighted by Crippen LogP contribution is -2.29. The molecular formula is C17H27N3O3S. The minimum Gasteiger partial charge on any atom is -0.352 e. The minimum absolute atomic E-state index is 0.0542. The standard InChI is InChI=1S/C17H27N3O3S/c1-20(2)24(22,23)16-6-3-15(4-7-16)13-19-17(21)8-5-14-9-11-18-12-10-14/h3-4,6-7,14,18H,5,8-13H2,1-2H3,(H,19,21). The van der Waals surface area contributed by atoms with Gasteiger partial charge in [-0.2, -0.15) is 0 Å². The van der Waals surface area contributed by atoms with Gasteiger partial charge in [-0.15, -0.1) is 0 Å². The summed E-state index contributed by atoms with van der Waals surface area (Å²) >= 11 is 0. The van der Waals surface area contributed by atoms with Crippen molar-refractivity contribution in [1.29, 1.82) is 0 Å². The largest absolute Gasteiger partial charge is 0.352 e. The van der Waals surface area contributed by atoms with Gasteiger partial charge in [0.1, 0.15) is 0 Å². The van der Waals surface area contributed by atoms with Crippen LogP contribution in [0.2, 0.25) is 0 Å². The molecule has 24 heavy (non-hydrogen) atoms. The van der Waals surface area contributed by atoms with Crippen molar-refractivity contribution in [2.24, 2.45) is 5.92 Å². The third-order valence-corrected chi connectivity index (χ3v) is 6.26. The predicted molar refractivity (Wildman–Crippen MR) is 94.0 cm³/mol. The molecule has 1 aliphatic heterocycles. The van der Waals surface area contributed by atoms with Crippen molar-refractivity contribution in [3.63, 3.8) is 0 Å². The summed E-state index contributed by atoms with van der Waals surface area (Å²) in [7, 11) is -0.394. The molecule has 1 amide bonds. The van der Waals surface area contributed by atoms with Crippen molar-refractivity contribution in [3.8, 4) is 0 Å². The molecular weight excluding hydrogens is 326 g/mol. The summed E-state index contributed by atoms with van der Waals surface area (Å²) in [5.74, 6) is 0.700. The molecule has 0 unspecified atom stereocenters. The molecule has 1 aliphatic rings. The second kappa shape index (κ2) is 8.60. The maximum atomic E-state index is 12.0. The molecule has 1 aromatic rings. The van der Waals surface area contributed by atoms with E-state index in [2.05, 4.69) is 10.6 Å². The van der Waals surface area contributed by atoms with E-state index in [0.29, 0.717) is 18.9 Å². The van der Waals surface area contributed by atoms with Crippen LogP contribution in [0.3, 0.4) is 0 Å². The molecule has 1 heterocycles. The molecule has 0 radical (unpaired) electrons. The Bertz CT molecular complexity index is 636. The van der Waals surface area contributed by atoms with Crippen LogP contribution in [-0.4, -0.2) is 45.8 Å². The van der Waals surface area contributed by atoms with E-state index in [1.54, 1.807) is 24.3 Å². The number of nitrogens with zero attached hydrogens (tertiary/aromatic N) is 1. The number of hydrogen-bond donors (Lipinski definition) is 2. The van der Waals surface area contributed by atoms with E-state index in [4.69, 9.17) is 0 Å². The van der Waals surface area contributed by atoms with E-state index in [1.165, 1.54) is 18.4 Å². The number of piperidine rings is 1. The Morgan fingerprint density at radius 3 is 2.42 bits per heavy atom. The summed E-state index contributed by atoms with van der Waals surface area (Å²) < 4.78 is 25.2.